The van der Waals surface area contributed by atoms with Crippen molar-refractivity contribution in [1.82, 2.24) is 15.6 Å². The van der Waals surface area contributed by atoms with Crippen LogP contribution in [0.2, 0.25) is 0 Å². The van der Waals surface area contributed by atoms with E-state index in [1.54, 1.807) is 0 Å². The molecule has 0 saturated carbocycles. The molecule has 1 aliphatic heterocycles. The highest BCUT2D eigenvalue weighted by molar-refractivity contribution is 5.88. The minimum Gasteiger partial charge on any atom is -0.361 e. The summed E-state index contributed by atoms with van der Waals surface area (Å²) in [7, 11) is 0. The standard InChI is InChI=1S/C16H21N3O/c20-16(18-9-7-13-4-3-8-17-13)10-12-11-19-15-6-2-1-5-14(12)15/h1-2,5-6,11,13,17,19H,3-4,7-10H2,(H,18,20)/t13-/m1/s1. The Labute approximate surface area is 118 Å². The van der Waals surface area contributed by atoms with Crippen LogP contribution in [0.4, 0.5) is 0 Å². The minimum absolute atomic E-state index is 0.104. The summed E-state index contributed by atoms with van der Waals surface area (Å²) >= 11 is 0. The van der Waals surface area contributed by atoms with E-state index >= 15 is 0 Å². The van der Waals surface area contributed by atoms with Crippen molar-refractivity contribution in [2.75, 3.05) is 13.1 Å². The van der Waals surface area contributed by atoms with Gasteiger partial charge in [0.2, 0.25) is 5.91 Å². The highest BCUT2D eigenvalue weighted by atomic mass is 16.1. The number of carbonyl (C=O) groups is 1. The molecule has 1 aliphatic rings. The first kappa shape index (κ1) is 13.2. The largest absolute Gasteiger partial charge is 0.361 e. The third-order valence-electron chi connectivity index (χ3n) is 4.00. The molecule has 1 saturated heterocycles. The number of benzene rings is 1. The number of aromatic amines is 1. The number of H-pyrrole nitrogens is 1. The van der Waals surface area contributed by atoms with Crippen LogP contribution in [0, 0.1) is 0 Å². The molecule has 1 aromatic carbocycles. The van der Waals surface area contributed by atoms with Gasteiger partial charge in [-0.1, -0.05) is 18.2 Å². The summed E-state index contributed by atoms with van der Waals surface area (Å²) in [5.74, 6) is 0.104. The van der Waals surface area contributed by atoms with Crippen LogP contribution >= 0.6 is 0 Å². The number of nitrogens with one attached hydrogen (secondary N) is 3. The van der Waals surface area contributed by atoms with Crippen molar-refractivity contribution in [3.05, 3.63) is 36.0 Å². The maximum Gasteiger partial charge on any atom is 0.224 e. The zero-order valence-electron chi connectivity index (χ0n) is 11.6. The predicted octanol–water partition coefficient (Wildman–Crippen LogP) is 1.97. The molecule has 2 aromatic rings. The number of para-hydroxylation sites is 1. The van der Waals surface area contributed by atoms with Crippen molar-refractivity contribution >= 4 is 16.8 Å². The van der Waals surface area contributed by atoms with Crippen LogP contribution in [0.5, 0.6) is 0 Å². The van der Waals surface area contributed by atoms with E-state index in [9.17, 15) is 4.79 Å². The third kappa shape index (κ3) is 3.02. The number of amides is 1. The molecular formula is C16H21N3O. The van der Waals surface area contributed by atoms with Crippen molar-refractivity contribution in [2.45, 2.75) is 31.7 Å². The lowest BCUT2D eigenvalue weighted by atomic mass is 10.1. The van der Waals surface area contributed by atoms with Crippen LogP contribution in [0.1, 0.15) is 24.8 Å². The molecule has 2 heterocycles. The van der Waals surface area contributed by atoms with Crippen molar-refractivity contribution in [1.29, 1.82) is 0 Å². The molecule has 4 heteroatoms. The molecule has 3 N–H and O–H groups in total. The molecule has 1 amide bonds. The second kappa shape index (κ2) is 6.09. The van der Waals surface area contributed by atoms with Gasteiger partial charge < -0.3 is 15.6 Å². The summed E-state index contributed by atoms with van der Waals surface area (Å²) in [5, 5.41) is 7.60. The first-order chi connectivity index (χ1) is 9.83. The van der Waals surface area contributed by atoms with Crippen molar-refractivity contribution in [2.24, 2.45) is 0 Å². The maximum absolute atomic E-state index is 12.0. The van der Waals surface area contributed by atoms with Crippen molar-refractivity contribution < 1.29 is 4.79 Å². The van der Waals surface area contributed by atoms with E-state index in [0.29, 0.717) is 12.5 Å². The lowest BCUT2D eigenvalue weighted by molar-refractivity contribution is -0.120. The minimum atomic E-state index is 0.104. The van der Waals surface area contributed by atoms with Crippen LogP contribution in [0.15, 0.2) is 30.5 Å². The SMILES string of the molecule is O=C(Cc1c[nH]c2ccccc12)NCC[C@H]1CCCN1. The molecule has 0 radical (unpaired) electrons. The monoisotopic (exact) mass is 271 g/mol. The molecule has 0 bridgehead atoms. The van der Waals surface area contributed by atoms with Gasteiger partial charge >= 0.3 is 0 Å². The second-order valence-corrected chi connectivity index (χ2v) is 5.47. The van der Waals surface area contributed by atoms with E-state index in [2.05, 4.69) is 21.7 Å². The van der Waals surface area contributed by atoms with E-state index in [4.69, 9.17) is 0 Å². The van der Waals surface area contributed by atoms with E-state index in [1.807, 2.05) is 24.4 Å². The normalized spacial score (nSPS) is 18.5. The molecule has 1 aromatic heterocycles. The van der Waals surface area contributed by atoms with Gasteiger partial charge in [0.05, 0.1) is 6.42 Å². The highest BCUT2D eigenvalue weighted by Crippen LogP contribution is 2.17. The maximum atomic E-state index is 12.0. The van der Waals surface area contributed by atoms with Gasteiger partial charge in [-0.3, -0.25) is 4.79 Å². The fourth-order valence-electron chi connectivity index (χ4n) is 2.90. The average Bonchev–Trinajstić information content (AvgIpc) is 3.09. The van der Waals surface area contributed by atoms with Gasteiger partial charge in [0.1, 0.15) is 0 Å². The molecule has 1 fully saturated rings. The summed E-state index contributed by atoms with van der Waals surface area (Å²) in [4.78, 5) is 15.2. The number of hydrogen-bond acceptors (Lipinski definition) is 2. The van der Waals surface area contributed by atoms with Gasteiger partial charge in [0.15, 0.2) is 0 Å². The molecule has 0 unspecified atom stereocenters. The molecule has 0 aliphatic carbocycles. The van der Waals surface area contributed by atoms with Crippen LogP contribution < -0.4 is 10.6 Å². The first-order valence-electron chi connectivity index (χ1n) is 7.38. The fourth-order valence-corrected chi connectivity index (χ4v) is 2.90. The van der Waals surface area contributed by atoms with E-state index in [-0.39, 0.29) is 5.91 Å². The summed E-state index contributed by atoms with van der Waals surface area (Å²) in [6, 6.07) is 8.67. The quantitative estimate of drug-likeness (QED) is 0.778. The predicted molar refractivity (Wildman–Crippen MR) is 80.7 cm³/mol. The Hall–Kier alpha value is -1.81. The zero-order valence-corrected chi connectivity index (χ0v) is 11.6. The van der Waals surface area contributed by atoms with Gasteiger partial charge in [0.25, 0.3) is 0 Å². The number of hydrogen-bond donors (Lipinski definition) is 3. The molecule has 4 nitrogen and oxygen atoms in total. The Bertz CT molecular complexity index is 584. The number of carbonyl (C=O) groups excluding carboxylic acids is 1. The van der Waals surface area contributed by atoms with Gasteiger partial charge in [-0.05, 0) is 37.4 Å². The molecule has 3 rings (SSSR count). The topological polar surface area (TPSA) is 56.9 Å². The second-order valence-electron chi connectivity index (χ2n) is 5.47. The fraction of sp³-hybridized carbons (Fsp3) is 0.438. The Balaban J connectivity index is 1.50. The number of rotatable bonds is 5. The summed E-state index contributed by atoms with van der Waals surface area (Å²) < 4.78 is 0. The molecule has 1 atom stereocenters. The van der Waals surface area contributed by atoms with Gasteiger partial charge in [0, 0.05) is 29.7 Å². The Morgan fingerprint density at radius 3 is 3.10 bits per heavy atom. The van der Waals surface area contributed by atoms with Gasteiger partial charge in [-0.25, -0.2) is 0 Å². The van der Waals surface area contributed by atoms with E-state index in [0.717, 1.165) is 36.0 Å². The van der Waals surface area contributed by atoms with Crippen LogP contribution in [0.3, 0.4) is 0 Å². The third-order valence-corrected chi connectivity index (χ3v) is 4.00. The first-order valence-corrected chi connectivity index (χ1v) is 7.38. The smallest absolute Gasteiger partial charge is 0.224 e. The molecular weight excluding hydrogens is 250 g/mol. The lowest BCUT2D eigenvalue weighted by Gasteiger charge is -2.10. The Morgan fingerprint density at radius 2 is 2.25 bits per heavy atom. The number of aromatic nitrogens is 1. The molecule has 106 valence electrons. The van der Waals surface area contributed by atoms with Crippen LogP contribution in [0.25, 0.3) is 10.9 Å². The van der Waals surface area contributed by atoms with E-state index < -0.39 is 0 Å². The van der Waals surface area contributed by atoms with Crippen LogP contribution in [-0.2, 0) is 11.2 Å². The summed E-state index contributed by atoms with van der Waals surface area (Å²) in [6.45, 7) is 1.88. The number of fused-ring (bicyclic) bond motifs is 1. The Kier molecular flexibility index (Phi) is 4.02. The zero-order chi connectivity index (χ0) is 13.8. The average molecular weight is 271 g/mol. The molecule has 20 heavy (non-hydrogen) atoms. The summed E-state index contributed by atoms with van der Waals surface area (Å²) in [5.41, 5.74) is 2.16. The van der Waals surface area contributed by atoms with E-state index in [1.165, 1.54) is 12.8 Å². The molecule has 0 spiro atoms. The Morgan fingerprint density at radius 1 is 1.35 bits per heavy atom. The van der Waals surface area contributed by atoms with Crippen molar-refractivity contribution in [3.63, 3.8) is 0 Å². The summed E-state index contributed by atoms with van der Waals surface area (Å²) in [6.07, 6.45) is 5.90. The van der Waals surface area contributed by atoms with Gasteiger partial charge in [-0.15, -0.1) is 0 Å². The van der Waals surface area contributed by atoms with Gasteiger partial charge in [-0.2, -0.15) is 0 Å². The van der Waals surface area contributed by atoms with Crippen molar-refractivity contribution in [3.8, 4) is 0 Å². The highest BCUT2D eigenvalue weighted by Gasteiger charge is 2.14. The van der Waals surface area contributed by atoms with Crippen LogP contribution in [-0.4, -0.2) is 30.0 Å². The lowest BCUT2D eigenvalue weighted by Crippen LogP contribution is -2.31.